The SMILES string of the molecule is O=S(=O)(c1ccccc1-c1ncccn1)N1CCCC1. The van der Waals surface area contributed by atoms with Crippen molar-refractivity contribution in [1.82, 2.24) is 14.3 Å². The molecule has 1 aromatic carbocycles. The number of aromatic nitrogens is 2. The van der Waals surface area contributed by atoms with Gasteiger partial charge in [-0.05, 0) is 31.0 Å². The second-order valence-corrected chi connectivity index (χ2v) is 6.59. The maximum Gasteiger partial charge on any atom is 0.243 e. The first-order chi connectivity index (χ1) is 9.69. The molecule has 5 nitrogen and oxygen atoms in total. The number of hydrogen-bond acceptors (Lipinski definition) is 4. The zero-order valence-corrected chi connectivity index (χ0v) is 11.8. The molecule has 1 saturated heterocycles. The summed E-state index contributed by atoms with van der Waals surface area (Å²) in [6.45, 7) is 1.18. The standard InChI is InChI=1S/C14H15N3O2S/c18-20(19,17-10-3-4-11-17)13-7-2-1-6-12(13)14-15-8-5-9-16-14/h1-2,5-9H,3-4,10-11H2. The predicted molar refractivity (Wildman–Crippen MR) is 75.5 cm³/mol. The number of rotatable bonds is 3. The number of nitrogens with zero attached hydrogens (tertiary/aromatic N) is 3. The van der Waals surface area contributed by atoms with Gasteiger partial charge in [0.15, 0.2) is 5.82 Å². The Morgan fingerprint density at radius 3 is 2.30 bits per heavy atom. The third-order valence-electron chi connectivity index (χ3n) is 3.38. The summed E-state index contributed by atoms with van der Waals surface area (Å²) in [5.41, 5.74) is 0.556. The van der Waals surface area contributed by atoms with Gasteiger partial charge in [-0.3, -0.25) is 0 Å². The Balaban J connectivity index is 2.11. The molecule has 0 radical (unpaired) electrons. The van der Waals surface area contributed by atoms with Gasteiger partial charge in [0.1, 0.15) is 0 Å². The third-order valence-corrected chi connectivity index (χ3v) is 5.33. The molecule has 3 rings (SSSR count). The van der Waals surface area contributed by atoms with E-state index in [1.807, 2.05) is 0 Å². The zero-order chi connectivity index (χ0) is 14.0. The van der Waals surface area contributed by atoms with Gasteiger partial charge in [-0.2, -0.15) is 4.31 Å². The Morgan fingerprint density at radius 2 is 1.60 bits per heavy atom. The normalized spacial score (nSPS) is 16.4. The first-order valence-electron chi connectivity index (χ1n) is 6.56. The van der Waals surface area contributed by atoms with E-state index in [0.717, 1.165) is 12.8 Å². The number of hydrogen-bond donors (Lipinski definition) is 0. The van der Waals surface area contributed by atoms with E-state index in [-0.39, 0.29) is 4.90 Å². The van der Waals surface area contributed by atoms with Crippen LogP contribution in [0.4, 0.5) is 0 Å². The lowest BCUT2D eigenvalue weighted by molar-refractivity contribution is 0.477. The summed E-state index contributed by atoms with van der Waals surface area (Å²) < 4.78 is 26.9. The minimum Gasteiger partial charge on any atom is -0.237 e. The van der Waals surface area contributed by atoms with E-state index in [1.54, 1.807) is 42.7 Å². The molecular weight excluding hydrogens is 274 g/mol. The highest BCUT2D eigenvalue weighted by Gasteiger charge is 2.29. The Bertz CT molecular complexity index is 695. The Kier molecular flexibility index (Phi) is 3.50. The van der Waals surface area contributed by atoms with Gasteiger partial charge in [-0.1, -0.05) is 12.1 Å². The first kappa shape index (κ1) is 13.2. The number of sulfonamides is 1. The fourth-order valence-electron chi connectivity index (χ4n) is 2.38. The van der Waals surface area contributed by atoms with E-state index < -0.39 is 10.0 Å². The largest absolute Gasteiger partial charge is 0.243 e. The summed E-state index contributed by atoms with van der Waals surface area (Å²) in [6.07, 6.45) is 5.07. The molecule has 1 aliphatic heterocycles. The van der Waals surface area contributed by atoms with Crippen molar-refractivity contribution in [1.29, 1.82) is 0 Å². The highest BCUT2D eigenvalue weighted by Crippen LogP contribution is 2.28. The average Bonchev–Trinajstić information content (AvgIpc) is 3.03. The molecule has 2 heterocycles. The minimum absolute atomic E-state index is 0.285. The van der Waals surface area contributed by atoms with Gasteiger partial charge in [0.25, 0.3) is 0 Å². The van der Waals surface area contributed by atoms with Crippen LogP contribution >= 0.6 is 0 Å². The van der Waals surface area contributed by atoms with E-state index in [0.29, 0.717) is 24.5 Å². The van der Waals surface area contributed by atoms with Crippen LogP contribution in [0.25, 0.3) is 11.4 Å². The summed E-state index contributed by atoms with van der Waals surface area (Å²) in [4.78, 5) is 8.60. The molecule has 0 amide bonds. The van der Waals surface area contributed by atoms with Gasteiger partial charge in [0, 0.05) is 31.0 Å². The van der Waals surface area contributed by atoms with Crippen LogP contribution in [0.5, 0.6) is 0 Å². The van der Waals surface area contributed by atoms with E-state index in [2.05, 4.69) is 9.97 Å². The van der Waals surface area contributed by atoms with Crippen LogP contribution in [0.15, 0.2) is 47.6 Å². The van der Waals surface area contributed by atoms with Gasteiger partial charge < -0.3 is 0 Å². The molecule has 0 spiro atoms. The van der Waals surface area contributed by atoms with Crippen molar-refractivity contribution in [2.45, 2.75) is 17.7 Å². The van der Waals surface area contributed by atoms with Crippen molar-refractivity contribution >= 4 is 10.0 Å². The smallest absolute Gasteiger partial charge is 0.237 e. The van der Waals surface area contributed by atoms with Crippen LogP contribution in [-0.4, -0.2) is 35.8 Å². The van der Waals surface area contributed by atoms with Crippen molar-refractivity contribution in [3.63, 3.8) is 0 Å². The van der Waals surface area contributed by atoms with Crippen LogP contribution in [0, 0.1) is 0 Å². The second kappa shape index (κ2) is 5.30. The lowest BCUT2D eigenvalue weighted by Gasteiger charge is -2.17. The lowest BCUT2D eigenvalue weighted by Crippen LogP contribution is -2.28. The molecule has 1 aromatic heterocycles. The molecular formula is C14H15N3O2S. The Labute approximate surface area is 118 Å². The molecule has 0 aliphatic carbocycles. The average molecular weight is 289 g/mol. The summed E-state index contributed by atoms with van der Waals surface area (Å²) in [5, 5.41) is 0. The van der Waals surface area contributed by atoms with Gasteiger partial charge in [-0.15, -0.1) is 0 Å². The number of benzene rings is 1. The van der Waals surface area contributed by atoms with Crippen LogP contribution in [-0.2, 0) is 10.0 Å². The third kappa shape index (κ3) is 2.32. The molecule has 0 atom stereocenters. The molecule has 6 heteroatoms. The minimum atomic E-state index is -3.46. The van der Waals surface area contributed by atoms with Crippen LogP contribution in [0.3, 0.4) is 0 Å². The van der Waals surface area contributed by atoms with E-state index >= 15 is 0 Å². The molecule has 104 valence electrons. The maximum atomic E-state index is 12.7. The summed E-state index contributed by atoms with van der Waals surface area (Å²) in [5.74, 6) is 0.436. The topological polar surface area (TPSA) is 63.2 Å². The predicted octanol–water partition coefficient (Wildman–Crippen LogP) is 1.93. The van der Waals surface area contributed by atoms with Crippen molar-refractivity contribution < 1.29 is 8.42 Å². The van der Waals surface area contributed by atoms with Gasteiger partial charge in [0.2, 0.25) is 10.0 Å². The molecule has 2 aromatic rings. The molecule has 1 aliphatic rings. The molecule has 0 N–H and O–H groups in total. The van der Waals surface area contributed by atoms with E-state index in [1.165, 1.54) is 4.31 Å². The molecule has 0 bridgehead atoms. The Hall–Kier alpha value is -1.79. The highest BCUT2D eigenvalue weighted by atomic mass is 32.2. The van der Waals surface area contributed by atoms with Gasteiger partial charge in [-0.25, -0.2) is 18.4 Å². The fourth-order valence-corrected chi connectivity index (χ4v) is 4.09. The molecule has 0 saturated carbocycles. The van der Waals surface area contributed by atoms with Crippen molar-refractivity contribution in [2.75, 3.05) is 13.1 Å². The highest BCUT2D eigenvalue weighted by molar-refractivity contribution is 7.89. The summed E-state index contributed by atoms with van der Waals surface area (Å²) in [7, 11) is -3.46. The zero-order valence-electron chi connectivity index (χ0n) is 10.9. The van der Waals surface area contributed by atoms with Crippen molar-refractivity contribution in [3.05, 3.63) is 42.7 Å². The van der Waals surface area contributed by atoms with Crippen LogP contribution < -0.4 is 0 Å². The first-order valence-corrected chi connectivity index (χ1v) is 8.00. The van der Waals surface area contributed by atoms with Crippen molar-refractivity contribution in [3.8, 4) is 11.4 Å². The molecule has 20 heavy (non-hydrogen) atoms. The monoisotopic (exact) mass is 289 g/mol. The quantitative estimate of drug-likeness (QED) is 0.866. The van der Waals surface area contributed by atoms with E-state index in [9.17, 15) is 8.42 Å². The van der Waals surface area contributed by atoms with Gasteiger partial charge >= 0.3 is 0 Å². The molecule has 0 unspecified atom stereocenters. The maximum absolute atomic E-state index is 12.7. The molecule has 1 fully saturated rings. The lowest BCUT2D eigenvalue weighted by atomic mass is 10.2. The Morgan fingerprint density at radius 1 is 0.950 bits per heavy atom. The van der Waals surface area contributed by atoms with Crippen molar-refractivity contribution in [2.24, 2.45) is 0 Å². The van der Waals surface area contributed by atoms with Gasteiger partial charge in [0.05, 0.1) is 4.90 Å². The van der Waals surface area contributed by atoms with Crippen LogP contribution in [0.2, 0.25) is 0 Å². The second-order valence-electron chi connectivity index (χ2n) is 4.68. The fraction of sp³-hybridized carbons (Fsp3) is 0.286. The van der Waals surface area contributed by atoms with Crippen LogP contribution in [0.1, 0.15) is 12.8 Å². The summed E-state index contributed by atoms with van der Waals surface area (Å²) >= 11 is 0. The van der Waals surface area contributed by atoms with E-state index in [4.69, 9.17) is 0 Å². The summed E-state index contributed by atoms with van der Waals surface area (Å²) in [6, 6.07) is 8.61.